The van der Waals surface area contributed by atoms with E-state index >= 15 is 0 Å². The van der Waals surface area contributed by atoms with Gasteiger partial charge in [-0.1, -0.05) is 34.6 Å². The van der Waals surface area contributed by atoms with Crippen molar-refractivity contribution in [2.45, 2.75) is 47.1 Å². The molecule has 0 unspecified atom stereocenters. The zero-order valence-corrected chi connectivity index (χ0v) is 12.3. The van der Waals surface area contributed by atoms with Gasteiger partial charge in [0.05, 0.1) is 6.61 Å². The van der Waals surface area contributed by atoms with Gasteiger partial charge < -0.3 is 15.8 Å². The van der Waals surface area contributed by atoms with Crippen LogP contribution in [0.15, 0.2) is 0 Å². The molecule has 0 amide bonds. The van der Waals surface area contributed by atoms with Gasteiger partial charge in [-0.3, -0.25) is 0 Å². The monoisotopic (exact) mass is 265 g/mol. The first-order valence-electron chi connectivity index (χ1n) is 6.70. The van der Waals surface area contributed by atoms with Crippen molar-refractivity contribution in [3.05, 3.63) is 0 Å². The van der Waals surface area contributed by atoms with Gasteiger partial charge in [-0.05, 0) is 17.3 Å². The first-order valence-corrected chi connectivity index (χ1v) is 6.70. The second kappa shape index (κ2) is 4.51. The highest BCUT2D eigenvalue weighted by Crippen LogP contribution is 2.63. The van der Waals surface area contributed by atoms with Gasteiger partial charge in [-0.25, -0.2) is 0 Å². The molecule has 6 heteroatoms. The van der Waals surface area contributed by atoms with Crippen LogP contribution in [-0.4, -0.2) is 27.6 Å². The van der Waals surface area contributed by atoms with Crippen LogP contribution in [-0.2, 0) is 0 Å². The summed E-state index contributed by atoms with van der Waals surface area (Å²) in [5.41, 5.74) is 6.09. The smallest absolute Gasteiger partial charge is 0.323 e. The van der Waals surface area contributed by atoms with E-state index in [1.165, 1.54) is 0 Å². The summed E-state index contributed by atoms with van der Waals surface area (Å²) in [6, 6.07) is 0.605. The highest BCUT2D eigenvalue weighted by Gasteiger charge is 2.65. The molecule has 1 aromatic rings. The van der Waals surface area contributed by atoms with Gasteiger partial charge in [0.1, 0.15) is 0 Å². The van der Waals surface area contributed by atoms with Crippen LogP contribution in [0.25, 0.3) is 0 Å². The third-order valence-electron chi connectivity index (χ3n) is 4.36. The minimum Gasteiger partial charge on any atom is -0.463 e. The SMILES string of the molecule is CCCOc1nc(N)nc(NC2C(C)(C)C2(C)C)n1. The Kier molecular flexibility index (Phi) is 3.28. The molecular formula is C13H23N5O. The Bertz CT molecular complexity index is 458. The lowest BCUT2D eigenvalue weighted by Crippen LogP contribution is -2.15. The average Bonchev–Trinajstić information content (AvgIpc) is 2.68. The number of nitrogens with zero attached hydrogens (tertiary/aromatic N) is 3. The Morgan fingerprint density at radius 2 is 1.79 bits per heavy atom. The van der Waals surface area contributed by atoms with E-state index in [2.05, 4.69) is 48.0 Å². The predicted octanol–water partition coefficient (Wildman–Crippen LogP) is 2.09. The van der Waals surface area contributed by atoms with Crippen LogP contribution in [0, 0.1) is 10.8 Å². The fraction of sp³-hybridized carbons (Fsp3) is 0.769. The zero-order valence-electron chi connectivity index (χ0n) is 12.3. The van der Waals surface area contributed by atoms with Gasteiger partial charge in [0, 0.05) is 6.04 Å². The molecule has 19 heavy (non-hydrogen) atoms. The number of hydrogen-bond donors (Lipinski definition) is 2. The Labute approximate surface area is 114 Å². The van der Waals surface area contributed by atoms with E-state index < -0.39 is 0 Å². The summed E-state index contributed by atoms with van der Waals surface area (Å²) in [4.78, 5) is 12.3. The van der Waals surface area contributed by atoms with Crippen LogP contribution in [0.3, 0.4) is 0 Å². The maximum Gasteiger partial charge on any atom is 0.323 e. The molecule has 1 heterocycles. The Hall–Kier alpha value is -1.59. The van der Waals surface area contributed by atoms with E-state index in [1.807, 2.05) is 6.92 Å². The zero-order chi connectivity index (χ0) is 14.3. The van der Waals surface area contributed by atoms with Crippen molar-refractivity contribution < 1.29 is 4.74 Å². The van der Waals surface area contributed by atoms with Gasteiger partial charge in [-0.15, -0.1) is 0 Å². The molecule has 106 valence electrons. The first-order chi connectivity index (χ1) is 8.79. The summed E-state index contributed by atoms with van der Waals surface area (Å²) in [5.74, 6) is 0.669. The number of nitrogens with two attached hydrogens (primary N) is 1. The fourth-order valence-electron chi connectivity index (χ4n) is 2.38. The lowest BCUT2D eigenvalue weighted by Gasteiger charge is -2.09. The predicted molar refractivity (Wildman–Crippen MR) is 75.0 cm³/mol. The Balaban J connectivity index is 2.11. The maximum atomic E-state index is 5.68. The molecule has 6 nitrogen and oxygen atoms in total. The van der Waals surface area contributed by atoms with E-state index in [4.69, 9.17) is 10.5 Å². The molecular weight excluding hydrogens is 242 g/mol. The maximum absolute atomic E-state index is 5.68. The van der Waals surface area contributed by atoms with E-state index in [-0.39, 0.29) is 22.8 Å². The largest absolute Gasteiger partial charge is 0.463 e. The first kappa shape index (κ1) is 13.8. The standard InChI is InChI=1S/C13H23N5O/c1-6-7-19-11-17-9(14)16-10(18-11)15-8-12(2,3)13(8,4)5/h8H,6-7H2,1-5H3,(H3,14,15,16,17,18). The van der Waals surface area contributed by atoms with Crippen LogP contribution in [0.1, 0.15) is 41.0 Å². The molecule has 3 N–H and O–H groups in total. The lowest BCUT2D eigenvalue weighted by atomic mass is 10.0. The van der Waals surface area contributed by atoms with E-state index in [0.717, 1.165) is 6.42 Å². The quantitative estimate of drug-likeness (QED) is 0.847. The fourth-order valence-corrected chi connectivity index (χ4v) is 2.38. The highest BCUT2D eigenvalue weighted by atomic mass is 16.5. The van der Waals surface area contributed by atoms with E-state index in [0.29, 0.717) is 18.6 Å². The second-order valence-corrected chi connectivity index (χ2v) is 6.17. The van der Waals surface area contributed by atoms with E-state index in [9.17, 15) is 0 Å². The molecule has 1 aromatic heterocycles. The Morgan fingerprint density at radius 3 is 2.32 bits per heavy atom. The van der Waals surface area contributed by atoms with Crippen LogP contribution in [0.4, 0.5) is 11.9 Å². The number of rotatable bonds is 5. The van der Waals surface area contributed by atoms with Gasteiger partial charge in [0.2, 0.25) is 11.9 Å². The van der Waals surface area contributed by atoms with Crippen molar-refractivity contribution in [3.8, 4) is 6.01 Å². The van der Waals surface area contributed by atoms with Crippen LogP contribution < -0.4 is 15.8 Å². The molecule has 0 spiro atoms. The van der Waals surface area contributed by atoms with E-state index in [1.54, 1.807) is 0 Å². The van der Waals surface area contributed by atoms with Crippen molar-refractivity contribution in [2.75, 3.05) is 17.7 Å². The molecule has 0 radical (unpaired) electrons. The van der Waals surface area contributed by atoms with Crippen molar-refractivity contribution >= 4 is 11.9 Å². The van der Waals surface area contributed by atoms with Crippen molar-refractivity contribution in [1.29, 1.82) is 0 Å². The van der Waals surface area contributed by atoms with Crippen molar-refractivity contribution in [2.24, 2.45) is 10.8 Å². The number of hydrogen-bond acceptors (Lipinski definition) is 6. The number of nitrogen functional groups attached to an aromatic ring is 1. The lowest BCUT2D eigenvalue weighted by molar-refractivity contribution is 0.292. The minimum absolute atomic E-state index is 0.180. The van der Waals surface area contributed by atoms with Gasteiger partial charge >= 0.3 is 6.01 Å². The molecule has 0 atom stereocenters. The minimum atomic E-state index is 0.180. The summed E-state index contributed by atoms with van der Waals surface area (Å²) in [7, 11) is 0. The summed E-state index contributed by atoms with van der Waals surface area (Å²) < 4.78 is 5.40. The third kappa shape index (κ3) is 2.43. The molecule has 2 rings (SSSR count). The molecule has 0 bridgehead atoms. The topological polar surface area (TPSA) is 86.0 Å². The van der Waals surface area contributed by atoms with Crippen LogP contribution >= 0.6 is 0 Å². The molecule has 1 aliphatic rings. The molecule has 1 fully saturated rings. The van der Waals surface area contributed by atoms with Crippen LogP contribution in [0.5, 0.6) is 6.01 Å². The molecule has 0 aromatic carbocycles. The molecule has 1 aliphatic carbocycles. The van der Waals surface area contributed by atoms with Crippen molar-refractivity contribution in [3.63, 3.8) is 0 Å². The number of ether oxygens (including phenoxy) is 1. The van der Waals surface area contributed by atoms with Gasteiger partial charge in [0.25, 0.3) is 0 Å². The second-order valence-electron chi connectivity index (χ2n) is 6.17. The molecule has 1 saturated carbocycles. The normalized spacial score (nSPS) is 20.1. The highest BCUT2D eigenvalue weighted by molar-refractivity contribution is 5.39. The summed E-state index contributed by atoms with van der Waals surface area (Å²) in [6.45, 7) is 11.5. The number of anilines is 2. The summed E-state index contributed by atoms with van der Waals surface area (Å²) in [5, 5.41) is 3.33. The molecule has 0 aliphatic heterocycles. The Morgan fingerprint density at radius 1 is 1.16 bits per heavy atom. The number of aromatic nitrogens is 3. The van der Waals surface area contributed by atoms with Crippen LogP contribution in [0.2, 0.25) is 0 Å². The third-order valence-corrected chi connectivity index (χ3v) is 4.36. The summed E-state index contributed by atoms with van der Waals surface area (Å²) >= 11 is 0. The molecule has 0 saturated heterocycles. The van der Waals surface area contributed by atoms with Crippen molar-refractivity contribution in [1.82, 2.24) is 15.0 Å². The number of nitrogens with one attached hydrogen (secondary N) is 1. The average molecular weight is 265 g/mol. The summed E-state index contributed by atoms with van der Waals surface area (Å²) in [6.07, 6.45) is 0.900. The van der Waals surface area contributed by atoms with Gasteiger partial charge in [0.15, 0.2) is 0 Å². The van der Waals surface area contributed by atoms with Gasteiger partial charge in [-0.2, -0.15) is 15.0 Å².